The molecular formula is C43H50Cl2F2N12O6S2V6. The molecule has 7 aromatic rings. The van der Waals surface area contributed by atoms with E-state index in [1.807, 2.05) is 4.90 Å². The zero-order valence-electron chi connectivity index (χ0n) is 36.9. The molecule has 6 radical (unpaired) electrons. The van der Waals surface area contributed by atoms with Gasteiger partial charge in [0.1, 0.15) is 41.8 Å². The summed E-state index contributed by atoms with van der Waals surface area (Å²) < 4.78 is 29.0. The molecule has 73 heavy (non-hydrogen) atoms. The van der Waals surface area contributed by atoms with E-state index in [1.165, 1.54) is 76.4 Å². The van der Waals surface area contributed by atoms with Crippen LogP contribution >= 0.6 is 45.9 Å². The third kappa shape index (κ3) is 20.0. The number of aliphatic hydroxyl groups excluding tert-OH is 4. The molecule has 7 heterocycles. The van der Waals surface area contributed by atoms with Crippen LogP contribution < -0.4 is 25.8 Å². The standard InChI is InChI=1S/C19H19ClFN5O3S.C11H16ClN3O2.C11H7FN4OS.2CH4.6V/c20-13-7-11(15(28)10-27)9-22-17(13)25-3-5-26(6-4-25)19(29)24-18-23-14-2-1-12(21)8-16(14)30-18;12-9-5-8(10(17)7-16)6-14-11(9)15-3-1-13-2-4-15;12-7-1-2-8-9(5-7)18-10(14-8)15-11(17)16-4-3-13-6-16;;;;;;;;/h1-2,7-9,15,27-28H,3-6,10H2,(H,23,24,29);5-6,10,13,16-17H,1-4,7H2;1-6H,(H,14,15,17);2*1H4;;;;;;/t15-;10-;;;;;;;;;/m11........./s1. The van der Waals surface area contributed by atoms with Gasteiger partial charge in [-0.15, -0.1) is 0 Å². The summed E-state index contributed by atoms with van der Waals surface area (Å²) in [4.78, 5) is 50.9. The van der Waals surface area contributed by atoms with Crippen molar-refractivity contribution in [2.24, 2.45) is 0 Å². The van der Waals surface area contributed by atoms with Gasteiger partial charge in [-0.25, -0.2) is 43.3 Å². The van der Waals surface area contributed by atoms with Gasteiger partial charge in [-0.2, -0.15) is 0 Å². The Labute approximate surface area is 510 Å². The summed E-state index contributed by atoms with van der Waals surface area (Å²) in [5.74, 6) is 0.644. The Balaban J connectivity index is 0. The van der Waals surface area contributed by atoms with Gasteiger partial charge >= 0.3 is 12.1 Å². The minimum atomic E-state index is -1.02. The fourth-order valence-electron chi connectivity index (χ4n) is 6.54. The van der Waals surface area contributed by atoms with Gasteiger partial charge in [0.15, 0.2) is 10.3 Å². The number of nitrogens with zero attached hydrogens (tertiary/aromatic N) is 9. The van der Waals surface area contributed by atoms with Crippen LogP contribution in [0.15, 0.2) is 79.6 Å². The molecule has 2 saturated heterocycles. The molecule has 2 aliphatic heterocycles. The van der Waals surface area contributed by atoms with Crippen LogP contribution in [-0.2, 0) is 111 Å². The number of benzene rings is 2. The number of thiazole rings is 2. The van der Waals surface area contributed by atoms with E-state index in [1.54, 1.807) is 35.4 Å². The molecule has 30 heteroatoms. The molecule has 2 aliphatic rings. The summed E-state index contributed by atoms with van der Waals surface area (Å²) >= 11 is 14.9. The Hall–Kier alpha value is -2.18. The Kier molecular flexibility index (Phi) is 35.2. The smallest absolute Gasteiger partial charge is 0.333 e. The van der Waals surface area contributed by atoms with Crippen LogP contribution in [0, 0.1) is 11.6 Å². The molecule has 7 N–H and O–H groups in total. The number of rotatable bonds is 8. The molecule has 388 valence electrons. The van der Waals surface area contributed by atoms with Crippen LogP contribution in [0.1, 0.15) is 38.2 Å². The number of halogens is 4. The molecule has 0 saturated carbocycles. The summed E-state index contributed by atoms with van der Waals surface area (Å²) in [6.45, 7) is 4.83. The summed E-state index contributed by atoms with van der Waals surface area (Å²) in [5.41, 5.74) is 2.27. The van der Waals surface area contributed by atoms with Gasteiger partial charge < -0.3 is 40.4 Å². The molecule has 2 atom stereocenters. The van der Waals surface area contributed by atoms with Gasteiger partial charge in [0.25, 0.3) is 0 Å². The van der Waals surface area contributed by atoms with Gasteiger partial charge in [0.05, 0.1) is 43.7 Å². The van der Waals surface area contributed by atoms with E-state index in [0.29, 0.717) is 83.9 Å². The van der Waals surface area contributed by atoms with Crippen molar-refractivity contribution < 1.29 is 150 Å². The molecule has 0 unspecified atom stereocenters. The van der Waals surface area contributed by atoms with Crippen molar-refractivity contribution in [3.63, 3.8) is 0 Å². The van der Waals surface area contributed by atoms with Gasteiger partial charge in [-0.1, -0.05) is 60.7 Å². The van der Waals surface area contributed by atoms with Crippen molar-refractivity contribution in [2.45, 2.75) is 27.1 Å². The average Bonchev–Trinajstić information content (AvgIpc) is 4.09. The first-order valence-electron chi connectivity index (χ1n) is 20.0. The minimum Gasteiger partial charge on any atom is -0.393 e. The van der Waals surface area contributed by atoms with E-state index >= 15 is 0 Å². The van der Waals surface area contributed by atoms with Gasteiger partial charge in [0, 0.05) is 200 Å². The summed E-state index contributed by atoms with van der Waals surface area (Å²) in [6, 6.07) is 11.2. The molecular weight excluding hydrogens is 1260 g/mol. The number of fused-ring (bicyclic) bond motifs is 2. The van der Waals surface area contributed by atoms with Crippen molar-refractivity contribution >= 4 is 100 Å². The Morgan fingerprint density at radius 3 is 1.52 bits per heavy atom. The Morgan fingerprint density at radius 1 is 0.671 bits per heavy atom. The number of carbonyl (C=O) groups is 2. The molecule has 0 spiro atoms. The van der Waals surface area contributed by atoms with Crippen molar-refractivity contribution in [2.75, 3.05) is 86.0 Å². The third-order valence-electron chi connectivity index (χ3n) is 9.95. The van der Waals surface area contributed by atoms with Gasteiger partial charge in [-0.05, 0) is 48.5 Å². The molecule has 0 aliphatic carbocycles. The number of anilines is 4. The average molecular weight is 1310 g/mol. The molecule has 2 fully saturated rings. The number of hydrogen-bond donors (Lipinski definition) is 7. The van der Waals surface area contributed by atoms with Crippen LogP contribution in [0.25, 0.3) is 20.4 Å². The second kappa shape index (κ2) is 35.3. The number of aromatic nitrogens is 6. The Morgan fingerprint density at radius 2 is 1.11 bits per heavy atom. The molecule has 9 rings (SSSR count). The summed E-state index contributed by atoms with van der Waals surface area (Å²) in [5, 5.41) is 47.5. The predicted molar refractivity (Wildman–Crippen MR) is 260 cm³/mol. The maximum atomic E-state index is 13.3. The number of pyridine rings is 2. The molecule has 2 aromatic carbocycles. The van der Waals surface area contributed by atoms with Gasteiger partial charge in [0.2, 0.25) is 0 Å². The Bertz CT molecular complexity index is 2750. The SMILES string of the molecule is C.C.O=C(Nc1nc2ccc(F)cc2s1)N1CCN(c2ncc([C@H](O)CO)cc2Cl)CC1.O=C(Nc1nc2ccc(F)cc2s1)n1ccnc1.OC[C@@H](O)c1cnc(N2CCNCC2)c(Cl)c1.[V].[V].[V].[V].[V].[V]. The van der Waals surface area contributed by atoms with Gasteiger partial charge in [-0.3, -0.25) is 15.2 Å². The van der Waals surface area contributed by atoms with E-state index in [9.17, 15) is 28.6 Å². The first-order valence-corrected chi connectivity index (χ1v) is 22.3. The monoisotopic (exact) mass is 1310 g/mol. The van der Waals surface area contributed by atoms with Crippen molar-refractivity contribution in [3.05, 3.63) is 112 Å². The zero-order valence-corrected chi connectivity index (χ0v) is 48.4. The fraction of sp³-hybridized carbons (Fsp3) is 0.326. The summed E-state index contributed by atoms with van der Waals surface area (Å²) in [6.07, 6.45) is 5.53. The van der Waals surface area contributed by atoms with Crippen LogP contribution in [-0.4, -0.2) is 132 Å². The number of urea groups is 1. The number of hydrogen-bond acceptors (Lipinski definition) is 16. The van der Waals surface area contributed by atoms with Crippen LogP contribution in [0.2, 0.25) is 10.0 Å². The number of carbonyl (C=O) groups excluding carboxylic acids is 2. The van der Waals surface area contributed by atoms with Crippen LogP contribution in [0.3, 0.4) is 0 Å². The number of piperazine rings is 2. The van der Waals surface area contributed by atoms with Crippen molar-refractivity contribution in [1.82, 2.24) is 39.7 Å². The van der Waals surface area contributed by atoms with E-state index in [4.69, 9.17) is 33.4 Å². The fourth-order valence-corrected chi connectivity index (χ4v) is 8.89. The predicted octanol–water partition coefficient (Wildman–Crippen LogP) is 7.00. The maximum absolute atomic E-state index is 13.3. The zero-order chi connectivity index (χ0) is 46.0. The normalized spacial score (nSPS) is 13.2. The number of amides is 3. The molecule has 18 nitrogen and oxygen atoms in total. The molecule has 5 aromatic heterocycles. The van der Waals surface area contributed by atoms with Crippen LogP contribution in [0.4, 0.5) is 40.3 Å². The van der Waals surface area contributed by atoms with E-state index < -0.39 is 18.8 Å². The number of imidazole rings is 1. The van der Waals surface area contributed by atoms with Crippen molar-refractivity contribution in [3.8, 4) is 0 Å². The second-order valence-electron chi connectivity index (χ2n) is 14.3. The minimum absolute atomic E-state index is 0. The van der Waals surface area contributed by atoms with Crippen LogP contribution in [0.5, 0.6) is 0 Å². The van der Waals surface area contributed by atoms with Crippen molar-refractivity contribution in [1.29, 1.82) is 0 Å². The second-order valence-corrected chi connectivity index (χ2v) is 17.2. The van der Waals surface area contributed by atoms with E-state index in [2.05, 4.69) is 45.8 Å². The number of nitrogens with one attached hydrogen (secondary N) is 3. The van der Waals surface area contributed by atoms with E-state index in [-0.39, 0.29) is 156 Å². The maximum Gasteiger partial charge on any atom is 0.333 e. The molecule has 3 amide bonds. The summed E-state index contributed by atoms with van der Waals surface area (Å²) in [7, 11) is 0. The first-order chi connectivity index (χ1) is 31.4. The molecule has 0 bridgehead atoms. The van der Waals surface area contributed by atoms with E-state index in [0.717, 1.165) is 32.0 Å². The quantitative estimate of drug-likeness (QED) is 0.0813. The third-order valence-corrected chi connectivity index (χ3v) is 12.4. The number of aliphatic hydroxyl groups is 4. The first kappa shape index (κ1) is 72.9. The largest absolute Gasteiger partial charge is 0.393 e. The topological polar surface area (TPSA) is 230 Å².